The molecule has 0 saturated heterocycles. The molecule has 0 aliphatic rings. The Hall–Kier alpha value is -4.54. The topological polar surface area (TPSA) is 108 Å². The number of amides is 1. The number of nitrogens with two attached hydrogens (primary N) is 1. The maximum atomic E-state index is 13.4. The number of carbonyl (C=O) groups is 1. The normalized spacial score (nSPS) is 12.3. The summed E-state index contributed by atoms with van der Waals surface area (Å²) in [6, 6.07) is 13.6. The molecule has 8 nitrogen and oxygen atoms in total. The van der Waals surface area contributed by atoms with Crippen LogP contribution in [0.15, 0.2) is 54.6 Å². The summed E-state index contributed by atoms with van der Waals surface area (Å²) in [5.41, 5.74) is 8.02. The minimum atomic E-state index is -4.52. The van der Waals surface area contributed by atoms with Gasteiger partial charge < -0.3 is 26.0 Å². The number of hydrogen-bond acceptors (Lipinski definition) is 7. The fourth-order valence-electron chi connectivity index (χ4n) is 4.32. The smallest absolute Gasteiger partial charge is 0.416 e. The number of likely N-dealkylation sites (N-methyl/N-ethyl adjacent to an activating group) is 1. The fraction of sp³-hybridized carbons (Fsp3) is 0.276. The van der Waals surface area contributed by atoms with Crippen LogP contribution < -0.4 is 16.0 Å². The van der Waals surface area contributed by atoms with E-state index in [1.807, 2.05) is 30.1 Å². The summed E-state index contributed by atoms with van der Waals surface area (Å²) in [6.07, 6.45) is -4.47. The van der Waals surface area contributed by atoms with Gasteiger partial charge in [0.1, 0.15) is 17.4 Å². The Bertz CT molecular complexity index is 1570. The van der Waals surface area contributed by atoms with Crippen molar-refractivity contribution in [1.82, 2.24) is 14.9 Å². The molecule has 0 unspecified atom stereocenters. The Morgan fingerprint density at radius 2 is 1.70 bits per heavy atom. The Morgan fingerprint density at radius 1 is 1.02 bits per heavy atom. The summed E-state index contributed by atoms with van der Waals surface area (Å²) in [5, 5.41) is 14.2. The third kappa shape index (κ3) is 6.19. The van der Waals surface area contributed by atoms with Crippen LogP contribution in [0.3, 0.4) is 0 Å². The predicted octanol–water partition coefficient (Wildman–Crippen LogP) is 5.82. The minimum Gasteiger partial charge on any atom is -0.508 e. The first-order valence-electron chi connectivity index (χ1n) is 12.5. The van der Waals surface area contributed by atoms with Gasteiger partial charge >= 0.3 is 6.18 Å². The van der Waals surface area contributed by atoms with Crippen molar-refractivity contribution >= 4 is 39.7 Å². The molecule has 1 atom stereocenters. The number of anilines is 4. The molecule has 210 valence electrons. The summed E-state index contributed by atoms with van der Waals surface area (Å²) in [7, 11) is 5.16. The van der Waals surface area contributed by atoms with Gasteiger partial charge in [0.25, 0.3) is 0 Å². The fourth-order valence-corrected chi connectivity index (χ4v) is 4.32. The van der Waals surface area contributed by atoms with E-state index in [1.54, 1.807) is 46.1 Å². The lowest BCUT2D eigenvalue weighted by atomic mass is 10.0. The molecule has 4 N–H and O–H groups in total. The van der Waals surface area contributed by atoms with Crippen LogP contribution >= 0.6 is 0 Å². The number of rotatable bonds is 7. The van der Waals surface area contributed by atoms with Crippen molar-refractivity contribution in [2.75, 3.05) is 37.1 Å². The molecule has 0 aliphatic heterocycles. The number of alkyl halides is 3. The van der Waals surface area contributed by atoms with Gasteiger partial charge in [0.05, 0.1) is 23.5 Å². The number of aromatic nitrogens is 2. The first-order valence-corrected chi connectivity index (χ1v) is 12.5. The highest BCUT2D eigenvalue weighted by Crippen LogP contribution is 2.35. The number of phenols is 1. The zero-order valence-corrected chi connectivity index (χ0v) is 22.8. The van der Waals surface area contributed by atoms with Crippen LogP contribution in [0.2, 0.25) is 0 Å². The van der Waals surface area contributed by atoms with Gasteiger partial charge in [0, 0.05) is 49.2 Å². The van der Waals surface area contributed by atoms with Crippen LogP contribution in [0.4, 0.5) is 36.1 Å². The number of hydrogen-bond donors (Lipinski definition) is 3. The van der Waals surface area contributed by atoms with Gasteiger partial charge in [-0.3, -0.25) is 4.79 Å². The summed E-state index contributed by atoms with van der Waals surface area (Å²) >= 11 is 0. The maximum absolute atomic E-state index is 13.4. The SMILES string of the molecule is Cc1nc(N[C@H](C)c2cc(N)cc(C(F)(F)F)c2)c2cc(N(C)c3ccc(O)c(CC(=O)N(C)C)c3)ccc2n1. The molecule has 40 heavy (non-hydrogen) atoms. The monoisotopic (exact) mass is 552 g/mol. The molecule has 0 aliphatic carbocycles. The van der Waals surface area contributed by atoms with E-state index in [1.165, 1.54) is 11.0 Å². The minimum absolute atomic E-state index is 0.0201. The maximum Gasteiger partial charge on any atom is 0.416 e. The van der Waals surface area contributed by atoms with E-state index >= 15 is 0 Å². The van der Waals surface area contributed by atoms with Gasteiger partial charge in [-0.2, -0.15) is 13.2 Å². The zero-order valence-electron chi connectivity index (χ0n) is 22.8. The van der Waals surface area contributed by atoms with E-state index in [9.17, 15) is 23.1 Å². The quantitative estimate of drug-likeness (QED) is 0.248. The van der Waals surface area contributed by atoms with Gasteiger partial charge in [-0.05, 0) is 74.0 Å². The van der Waals surface area contributed by atoms with Crippen molar-refractivity contribution in [3.05, 3.63) is 77.1 Å². The first kappa shape index (κ1) is 28.5. The molecular formula is C29H31F3N6O2. The number of carbonyl (C=O) groups excluding carboxylic acids is 1. The second kappa shape index (κ2) is 10.9. The Kier molecular flexibility index (Phi) is 7.77. The highest BCUT2D eigenvalue weighted by Gasteiger charge is 2.31. The molecule has 0 saturated carbocycles. The Morgan fingerprint density at radius 3 is 2.38 bits per heavy atom. The second-order valence-corrected chi connectivity index (χ2v) is 9.91. The summed E-state index contributed by atoms with van der Waals surface area (Å²) in [6.45, 7) is 3.48. The molecule has 4 rings (SSSR count). The van der Waals surface area contributed by atoms with E-state index in [4.69, 9.17) is 5.73 Å². The predicted molar refractivity (Wildman–Crippen MR) is 151 cm³/mol. The lowest BCUT2D eigenvalue weighted by Gasteiger charge is -2.23. The zero-order chi connectivity index (χ0) is 29.4. The van der Waals surface area contributed by atoms with Crippen molar-refractivity contribution in [3.8, 4) is 5.75 Å². The summed E-state index contributed by atoms with van der Waals surface area (Å²) < 4.78 is 40.1. The van der Waals surface area contributed by atoms with E-state index in [0.29, 0.717) is 33.7 Å². The number of aromatic hydroxyl groups is 1. The number of phenolic OH excluding ortho intramolecular Hbond substituents is 1. The van der Waals surface area contributed by atoms with E-state index in [-0.39, 0.29) is 23.8 Å². The van der Waals surface area contributed by atoms with E-state index in [2.05, 4.69) is 15.3 Å². The number of benzene rings is 3. The number of fused-ring (bicyclic) bond motifs is 1. The first-order chi connectivity index (χ1) is 18.7. The van der Waals surface area contributed by atoms with Crippen LogP contribution in [0.25, 0.3) is 10.9 Å². The summed E-state index contributed by atoms with van der Waals surface area (Å²) in [4.78, 5) is 24.6. The Balaban J connectivity index is 1.69. The second-order valence-electron chi connectivity index (χ2n) is 9.91. The van der Waals surface area contributed by atoms with Crippen LogP contribution in [-0.4, -0.2) is 47.0 Å². The Labute approximate surface area is 230 Å². The van der Waals surface area contributed by atoms with Crippen molar-refractivity contribution in [1.29, 1.82) is 0 Å². The molecule has 0 fully saturated rings. The van der Waals surface area contributed by atoms with Gasteiger partial charge in [-0.25, -0.2) is 9.97 Å². The van der Waals surface area contributed by atoms with Crippen molar-refractivity contribution in [3.63, 3.8) is 0 Å². The van der Waals surface area contributed by atoms with E-state index < -0.39 is 17.8 Å². The molecule has 1 amide bonds. The largest absolute Gasteiger partial charge is 0.508 e. The van der Waals surface area contributed by atoms with Crippen LogP contribution in [-0.2, 0) is 17.4 Å². The van der Waals surface area contributed by atoms with Gasteiger partial charge in [-0.15, -0.1) is 0 Å². The van der Waals surface area contributed by atoms with Crippen molar-refractivity contribution in [2.24, 2.45) is 0 Å². The standard InChI is InChI=1S/C29H31F3N6O2/c1-16(18-10-20(29(30,31)32)14-21(33)11-18)34-28-24-15-23(6-8-25(24)35-17(2)36-28)38(5)22-7-9-26(39)19(12-22)13-27(40)37(3)4/h6-12,14-16,39H,13,33H2,1-5H3,(H,34,35,36)/t16-/m1/s1. The molecule has 4 aromatic rings. The van der Waals surface area contributed by atoms with E-state index in [0.717, 1.165) is 23.5 Å². The lowest BCUT2D eigenvalue weighted by Crippen LogP contribution is -2.23. The van der Waals surface area contributed by atoms with Crippen molar-refractivity contribution in [2.45, 2.75) is 32.5 Å². The molecule has 0 spiro atoms. The molecule has 1 aromatic heterocycles. The van der Waals surface area contributed by atoms with Crippen LogP contribution in [0.1, 0.15) is 35.5 Å². The van der Waals surface area contributed by atoms with Gasteiger partial charge in [-0.1, -0.05) is 0 Å². The molecule has 3 aromatic carbocycles. The molecule has 0 bridgehead atoms. The van der Waals surface area contributed by atoms with Crippen LogP contribution in [0, 0.1) is 6.92 Å². The molecule has 1 heterocycles. The molecule has 0 radical (unpaired) electrons. The summed E-state index contributed by atoms with van der Waals surface area (Å²) in [5.74, 6) is 0.857. The third-order valence-electron chi connectivity index (χ3n) is 6.63. The van der Waals surface area contributed by atoms with Crippen molar-refractivity contribution < 1.29 is 23.1 Å². The molecule has 11 heteroatoms. The highest BCUT2D eigenvalue weighted by atomic mass is 19.4. The lowest BCUT2D eigenvalue weighted by molar-refractivity contribution is -0.137. The average molecular weight is 553 g/mol. The number of nitrogens with zero attached hydrogens (tertiary/aromatic N) is 4. The number of nitrogens with one attached hydrogen (secondary N) is 1. The van der Waals surface area contributed by atoms with Gasteiger partial charge in [0.15, 0.2) is 0 Å². The highest BCUT2D eigenvalue weighted by molar-refractivity contribution is 5.92. The number of halogens is 3. The average Bonchev–Trinajstić information content (AvgIpc) is 2.88. The number of aryl methyl sites for hydroxylation is 1. The third-order valence-corrected chi connectivity index (χ3v) is 6.63. The van der Waals surface area contributed by atoms with Gasteiger partial charge in [0.2, 0.25) is 5.91 Å². The number of nitrogen functional groups attached to an aromatic ring is 1. The molecular weight excluding hydrogens is 521 g/mol. The van der Waals surface area contributed by atoms with Crippen LogP contribution in [0.5, 0.6) is 5.75 Å².